The first-order chi connectivity index (χ1) is 11.1. The number of amides is 1. The van der Waals surface area contributed by atoms with Crippen molar-refractivity contribution in [2.24, 2.45) is 0 Å². The number of anilines is 1. The number of rotatable bonds is 7. The van der Waals surface area contributed by atoms with E-state index in [4.69, 9.17) is 4.74 Å². The van der Waals surface area contributed by atoms with Crippen molar-refractivity contribution in [3.8, 4) is 5.75 Å². The van der Waals surface area contributed by atoms with Crippen molar-refractivity contribution in [3.05, 3.63) is 59.7 Å². The lowest BCUT2D eigenvalue weighted by molar-refractivity contribution is 0.102. The molecule has 5 heteroatoms. The summed E-state index contributed by atoms with van der Waals surface area (Å²) in [6.07, 6.45) is 3.23. The molecule has 0 aromatic heterocycles. The van der Waals surface area contributed by atoms with Gasteiger partial charge >= 0.3 is 0 Å². The van der Waals surface area contributed by atoms with Crippen molar-refractivity contribution >= 4 is 11.6 Å². The third-order valence-corrected chi connectivity index (χ3v) is 3.31. The maximum absolute atomic E-state index is 13.5. The zero-order valence-corrected chi connectivity index (χ0v) is 12.9. The van der Waals surface area contributed by atoms with Gasteiger partial charge in [0, 0.05) is 11.6 Å². The molecule has 0 aliphatic rings. The summed E-state index contributed by atoms with van der Waals surface area (Å²) in [5.41, 5.74) is 0.311. The number of hydrogen-bond acceptors (Lipinski definition) is 2. The lowest BCUT2D eigenvalue weighted by Gasteiger charge is -2.08. The number of carbonyl (C=O) groups is 1. The van der Waals surface area contributed by atoms with E-state index in [1.165, 1.54) is 6.07 Å². The maximum atomic E-state index is 13.5. The molecule has 0 aliphatic carbocycles. The van der Waals surface area contributed by atoms with Crippen molar-refractivity contribution in [1.29, 1.82) is 0 Å². The number of ether oxygens (including phenoxy) is 1. The van der Waals surface area contributed by atoms with Crippen LogP contribution in [-0.2, 0) is 0 Å². The quantitative estimate of drug-likeness (QED) is 0.745. The Morgan fingerprint density at radius 2 is 1.83 bits per heavy atom. The average Bonchev–Trinajstić information content (AvgIpc) is 2.55. The number of hydrogen-bond donors (Lipinski definition) is 1. The molecule has 0 saturated heterocycles. The number of unbranched alkanes of at least 4 members (excludes halogenated alkanes) is 2. The summed E-state index contributed by atoms with van der Waals surface area (Å²) in [6.45, 7) is 2.76. The van der Waals surface area contributed by atoms with E-state index in [1.807, 2.05) is 0 Å². The van der Waals surface area contributed by atoms with Gasteiger partial charge in [0.1, 0.15) is 17.4 Å². The molecule has 23 heavy (non-hydrogen) atoms. The van der Waals surface area contributed by atoms with Gasteiger partial charge in [0.15, 0.2) is 0 Å². The average molecular weight is 319 g/mol. The molecule has 0 bridgehead atoms. The number of halogens is 2. The molecule has 0 unspecified atom stereocenters. The zero-order valence-electron chi connectivity index (χ0n) is 12.9. The molecule has 1 amide bonds. The highest BCUT2D eigenvalue weighted by Gasteiger charge is 2.10. The van der Waals surface area contributed by atoms with E-state index < -0.39 is 17.5 Å². The van der Waals surface area contributed by atoms with Gasteiger partial charge in [-0.15, -0.1) is 0 Å². The van der Waals surface area contributed by atoms with Crippen molar-refractivity contribution in [1.82, 2.24) is 0 Å². The van der Waals surface area contributed by atoms with Crippen LogP contribution in [0.4, 0.5) is 14.5 Å². The van der Waals surface area contributed by atoms with Crippen LogP contribution in [0.15, 0.2) is 42.5 Å². The topological polar surface area (TPSA) is 38.3 Å². The minimum absolute atomic E-state index is 0.0590. The molecule has 122 valence electrons. The number of carbonyl (C=O) groups excluding carboxylic acids is 1. The molecular formula is C18H19F2NO2. The molecular weight excluding hydrogens is 300 g/mol. The zero-order chi connectivity index (χ0) is 16.7. The van der Waals surface area contributed by atoms with Crippen LogP contribution in [0.25, 0.3) is 0 Å². The van der Waals surface area contributed by atoms with Crippen molar-refractivity contribution < 1.29 is 18.3 Å². The second-order valence-corrected chi connectivity index (χ2v) is 5.16. The molecule has 2 rings (SSSR count). The molecule has 0 aliphatic heterocycles. The molecule has 2 aromatic carbocycles. The monoisotopic (exact) mass is 319 g/mol. The fourth-order valence-electron chi connectivity index (χ4n) is 2.03. The van der Waals surface area contributed by atoms with Gasteiger partial charge in [0.2, 0.25) is 0 Å². The lowest BCUT2D eigenvalue weighted by atomic mass is 10.2. The Balaban J connectivity index is 1.94. The second kappa shape index (κ2) is 8.27. The maximum Gasteiger partial charge on any atom is 0.255 e. The fourth-order valence-corrected chi connectivity index (χ4v) is 2.03. The van der Waals surface area contributed by atoms with E-state index in [0.717, 1.165) is 31.4 Å². The summed E-state index contributed by atoms with van der Waals surface area (Å²) in [6, 6.07) is 9.60. The van der Waals surface area contributed by atoms with Gasteiger partial charge < -0.3 is 10.1 Å². The predicted octanol–water partition coefficient (Wildman–Crippen LogP) is 4.79. The predicted molar refractivity (Wildman–Crippen MR) is 85.8 cm³/mol. The van der Waals surface area contributed by atoms with Crippen molar-refractivity contribution in [2.45, 2.75) is 26.2 Å². The lowest BCUT2D eigenvalue weighted by Crippen LogP contribution is -2.13. The largest absolute Gasteiger partial charge is 0.494 e. The molecule has 2 aromatic rings. The second-order valence-electron chi connectivity index (χ2n) is 5.16. The van der Waals surface area contributed by atoms with Gasteiger partial charge in [-0.05, 0) is 42.8 Å². The Kier molecular flexibility index (Phi) is 6.09. The van der Waals surface area contributed by atoms with Crippen LogP contribution in [0.5, 0.6) is 5.75 Å². The summed E-state index contributed by atoms with van der Waals surface area (Å²) in [7, 11) is 0. The summed E-state index contributed by atoms with van der Waals surface area (Å²) in [5, 5.41) is 2.41. The minimum atomic E-state index is -0.811. The van der Waals surface area contributed by atoms with E-state index in [1.54, 1.807) is 24.3 Å². The highest BCUT2D eigenvalue weighted by atomic mass is 19.1. The van der Waals surface area contributed by atoms with Crippen LogP contribution in [0.2, 0.25) is 0 Å². The molecule has 0 saturated carbocycles. The van der Waals surface area contributed by atoms with Crippen molar-refractivity contribution in [2.75, 3.05) is 11.9 Å². The Labute approximate surface area is 134 Å². The number of benzene rings is 2. The van der Waals surface area contributed by atoms with Gasteiger partial charge in [-0.2, -0.15) is 0 Å². The Hall–Kier alpha value is -2.43. The Bertz CT molecular complexity index is 657. The summed E-state index contributed by atoms with van der Waals surface area (Å²) < 4.78 is 31.9. The molecule has 1 N–H and O–H groups in total. The van der Waals surface area contributed by atoms with E-state index in [0.29, 0.717) is 17.9 Å². The summed E-state index contributed by atoms with van der Waals surface area (Å²) in [4.78, 5) is 12.0. The van der Waals surface area contributed by atoms with Crippen molar-refractivity contribution in [3.63, 3.8) is 0 Å². The van der Waals surface area contributed by atoms with Gasteiger partial charge in [0.25, 0.3) is 5.91 Å². The van der Waals surface area contributed by atoms with E-state index in [9.17, 15) is 13.6 Å². The first kappa shape index (κ1) is 16.9. The van der Waals surface area contributed by atoms with E-state index >= 15 is 0 Å². The fraction of sp³-hybridized carbons (Fsp3) is 0.278. The highest BCUT2D eigenvalue weighted by Crippen LogP contribution is 2.18. The van der Waals surface area contributed by atoms with Gasteiger partial charge in [-0.25, -0.2) is 8.78 Å². The summed E-state index contributed by atoms with van der Waals surface area (Å²) in [5.74, 6) is -1.28. The van der Waals surface area contributed by atoms with Crippen LogP contribution < -0.4 is 10.1 Å². The number of nitrogens with one attached hydrogen (secondary N) is 1. The van der Waals surface area contributed by atoms with Crippen LogP contribution in [-0.4, -0.2) is 12.5 Å². The third kappa shape index (κ3) is 5.06. The molecule has 0 atom stereocenters. The molecule has 0 radical (unpaired) electrons. The smallest absolute Gasteiger partial charge is 0.255 e. The molecule has 3 nitrogen and oxygen atoms in total. The first-order valence-electron chi connectivity index (χ1n) is 7.59. The molecule has 0 heterocycles. The molecule has 0 spiro atoms. The van der Waals surface area contributed by atoms with Gasteiger partial charge in [-0.3, -0.25) is 4.79 Å². The van der Waals surface area contributed by atoms with Gasteiger partial charge in [-0.1, -0.05) is 19.8 Å². The van der Waals surface area contributed by atoms with Crippen LogP contribution >= 0.6 is 0 Å². The van der Waals surface area contributed by atoms with Crippen LogP contribution in [0, 0.1) is 11.6 Å². The SMILES string of the molecule is CCCCCOc1ccc(C(=O)Nc2ccc(F)cc2F)cc1. The van der Waals surface area contributed by atoms with E-state index in [-0.39, 0.29) is 5.69 Å². The van der Waals surface area contributed by atoms with Crippen LogP contribution in [0.1, 0.15) is 36.5 Å². The normalized spacial score (nSPS) is 10.4. The molecule has 0 fully saturated rings. The minimum Gasteiger partial charge on any atom is -0.494 e. The third-order valence-electron chi connectivity index (χ3n) is 3.31. The highest BCUT2D eigenvalue weighted by molar-refractivity contribution is 6.04. The Morgan fingerprint density at radius 1 is 1.09 bits per heavy atom. The summed E-state index contributed by atoms with van der Waals surface area (Å²) >= 11 is 0. The standard InChI is InChI=1S/C18H19F2NO2/c1-2-3-4-11-23-15-8-5-13(6-9-15)18(22)21-17-10-7-14(19)12-16(17)20/h5-10,12H,2-4,11H2,1H3,(H,21,22). The van der Waals surface area contributed by atoms with E-state index in [2.05, 4.69) is 12.2 Å². The van der Waals surface area contributed by atoms with Gasteiger partial charge in [0.05, 0.1) is 12.3 Å². The van der Waals surface area contributed by atoms with Crippen LogP contribution in [0.3, 0.4) is 0 Å². The first-order valence-corrected chi connectivity index (χ1v) is 7.59. The Morgan fingerprint density at radius 3 is 2.48 bits per heavy atom.